The molecule has 2 aromatic carbocycles. The number of alkyl halides is 3. The Balaban J connectivity index is 1.57. The van der Waals surface area contributed by atoms with Crippen LogP contribution in [0.3, 0.4) is 0 Å². The molecule has 2 aromatic rings. The van der Waals surface area contributed by atoms with Gasteiger partial charge in [-0.3, -0.25) is 14.5 Å². The second kappa shape index (κ2) is 11.1. The van der Waals surface area contributed by atoms with Crippen LogP contribution in [0.5, 0.6) is 0 Å². The second-order valence-electron chi connectivity index (χ2n) is 9.87. The summed E-state index contributed by atoms with van der Waals surface area (Å²) in [6.45, 7) is 4.86. The highest BCUT2D eigenvalue weighted by Gasteiger charge is 2.52. The van der Waals surface area contributed by atoms with Gasteiger partial charge in [-0.15, -0.1) is 0 Å². The van der Waals surface area contributed by atoms with Gasteiger partial charge in [-0.1, -0.05) is 6.07 Å². The quantitative estimate of drug-likeness (QED) is 0.356. The zero-order valence-corrected chi connectivity index (χ0v) is 22.5. The fourth-order valence-corrected chi connectivity index (χ4v) is 5.34. The van der Waals surface area contributed by atoms with E-state index in [1.54, 1.807) is 4.90 Å². The molecule has 0 N–H and O–H groups in total. The first-order valence-corrected chi connectivity index (χ1v) is 12.8. The van der Waals surface area contributed by atoms with Crippen LogP contribution in [-0.2, 0) is 26.9 Å². The van der Waals surface area contributed by atoms with Crippen LogP contribution in [0, 0.1) is 23.0 Å². The van der Waals surface area contributed by atoms with Crippen molar-refractivity contribution in [2.24, 2.45) is 0 Å². The number of nitrogens with zero attached hydrogens (tertiary/aromatic N) is 4. The minimum Gasteiger partial charge on any atom is -0.378 e. The minimum absolute atomic E-state index is 0.0354. The van der Waals surface area contributed by atoms with Crippen LogP contribution in [0.2, 0.25) is 0 Å². The topological polar surface area (TPSA) is 76.9 Å². The molecule has 40 heavy (non-hydrogen) atoms. The number of anilines is 2. The Labute approximate surface area is 232 Å². The minimum atomic E-state index is -5.20. The first-order valence-electron chi connectivity index (χ1n) is 12.4. The molecule has 0 unspecified atom stereocenters. The fraction of sp³-hybridized carbons (Fsp3) is 0.407. The number of amides is 2. The van der Waals surface area contributed by atoms with Gasteiger partial charge in [0.2, 0.25) is 5.91 Å². The van der Waals surface area contributed by atoms with Gasteiger partial charge in [-0.25, -0.2) is 8.78 Å². The summed E-state index contributed by atoms with van der Waals surface area (Å²) < 4.78 is 76.2. The molecule has 13 heteroatoms. The lowest BCUT2D eigenvalue weighted by Crippen LogP contribution is -2.44. The number of ether oxygens (including phenoxy) is 1. The Bertz CT molecular complexity index is 1400. The van der Waals surface area contributed by atoms with Crippen LogP contribution in [-0.4, -0.2) is 53.7 Å². The number of rotatable bonds is 6. The smallest absolute Gasteiger partial charge is 0.378 e. The predicted octanol–water partition coefficient (Wildman–Crippen LogP) is 4.95. The normalized spacial score (nSPS) is 17.4. The molecule has 7 nitrogen and oxygen atoms in total. The highest BCUT2D eigenvalue weighted by molar-refractivity contribution is 7.81. The van der Waals surface area contributed by atoms with Gasteiger partial charge in [0.15, 0.2) is 10.9 Å². The van der Waals surface area contributed by atoms with Crippen molar-refractivity contribution >= 4 is 40.5 Å². The third-order valence-corrected chi connectivity index (χ3v) is 7.30. The molecule has 0 spiro atoms. The van der Waals surface area contributed by atoms with Gasteiger partial charge in [0.1, 0.15) is 16.9 Å². The summed E-state index contributed by atoms with van der Waals surface area (Å²) in [6, 6.07) is 7.09. The van der Waals surface area contributed by atoms with E-state index >= 15 is 8.78 Å². The molecular formula is C27H25F5N4O3S. The van der Waals surface area contributed by atoms with Crippen molar-refractivity contribution in [3.05, 3.63) is 58.7 Å². The summed E-state index contributed by atoms with van der Waals surface area (Å²) in [7, 11) is 0. The molecule has 2 amide bonds. The lowest BCUT2D eigenvalue weighted by Gasteiger charge is -2.29. The number of carbonyl (C=O) groups is 2. The summed E-state index contributed by atoms with van der Waals surface area (Å²) in [5.74, 6) is -3.30. The van der Waals surface area contributed by atoms with Crippen LogP contribution in [0.1, 0.15) is 43.4 Å². The lowest BCUT2D eigenvalue weighted by molar-refractivity contribution is -0.140. The van der Waals surface area contributed by atoms with E-state index in [2.05, 4.69) is 0 Å². The van der Waals surface area contributed by atoms with Crippen LogP contribution in [0.15, 0.2) is 30.3 Å². The molecule has 4 rings (SSSR count). The Morgan fingerprint density at radius 3 is 2.42 bits per heavy atom. The first-order chi connectivity index (χ1) is 18.8. The first kappa shape index (κ1) is 29.4. The zero-order valence-electron chi connectivity index (χ0n) is 21.6. The van der Waals surface area contributed by atoms with Crippen molar-refractivity contribution in [3.8, 4) is 6.07 Å². The summed E-state index contributed by atoms with van der Waals surface area (Å²) in [4.78, 5) is 29.2. The molecule has 0 aliphatic carbocycles. The average Bonchev–Trinajstić information content (AvgIpc) is 3.07. The maximum absolute atomic E-state index is 15.2. The Morgan fingerprint density at radius 1 is 1.15 bits per heavy atom. The number of hydrogen-bond acceptors (Lipinski definition) is 5. The predicted molar refractivity (Wildman–Crippen MR) is 139 cm³/mol. The SMILES string of the molecule is CC1(C)C(=O)N(c2ccc(C#N)c(C(F)(F)F)c2F)C(=S)N1c1ccc(CCCC(=O)N2CCOCC2)c(F)c1. The van der Waals surface area contributed by atoms with Crippen LogP contribution < -0.4 is 9.80 Å². The molecular weight excluding hydrogens is 555 g/mol. The molecule has 0 radical (unpaired) electrons. The summed E-state index contributed by atoms with van der Waals surface area (Å²) in [5.41, 5.74) is -4.54. The summed E-state index contributed by atoms with van der Waals surface area (Å²) >= 11 is 5.39. The van der Waals surface area contributed by atoms with Crippen molar-refractivity contribution in [1.82, 2.24) is 4.90 Å². The molecule has 2 heterocycles. The van der Waals surface area contributed by atoms with Gasteiger partial charge >= 0.3 is 6.18 Å². The molecule has 0 saturated carbocycles. The van der Waals surface area contributed by atoms with Crippen LogP contribution in [0.4, 0.5) is 33.3 Å². The van der Waals surface area contributed by atoms with E-state index in [0.29, 0.717) is 43.2 Å². The second-order valence-corrected chi connectivity index (χ2v) is 10.2. The fourth-order valence-electron chi connectivity index (χ4n) is 4.83. The maximum atomic E-state index is 15.2. The summed E-state index contributed by atoms with van der Waals surface area (Å²) in [6.07, 6.45) is -4.27. The van der Waals surface area contributed by atoms with Crippen molar-refractivity contribution in [1.29, 1.82) is 5.26 Å². The van der Waals surface area contributed by atoms with E-state index in [-0.39, 0.29) is 29.5 Å². The lowest BCUT2D eigenvalue weighted by atomic mass is 10.0. The molecule has 2 aliphatic rings. The van der Waals surface area contributed by atoms with Gasteiger partial charge < -0.3 is 14.5 Å². The number of morpholine rings is 1. The molecule has 212 valence electrons. The largest absolute Gasteiger partial charge is 0.420 e. The highest BCUT2D eigenvalue weighted by Crippen LogP contribution is 2.42. The molecule has 2 saturated heterocycles. The number of nitriles is 1. The van der Waals surface area contributed by atoms with E-state index in [0.717, 1.165) is 18.2 Å². The van der Waals surface area contributed by atoms with Crippen LogP contribution in [0.25, 0.3) is 0 Å². The van der Waals surface area contributed by atoms with Gasteiger partial charge in [-0.2, -0.15) is 18.4 Å². The van der Waals surface area contributed by atoms with Crippen molar-refractivity contribution in [2.75, 3.05) is 36.1 Å². The van der Waals surface area contributed by atoms with Gasteiger partial charge in [0.05, 0.1) is 30.5 Å². The van der Waals surface area contributed by atoms with Crippen LogP contribution >= 0.6 is 12.2 Å². The third-order valence-electron chi connectivity index (χ3n) is 6.93. The molecule has 2 aliphatic heterocycles. The van der Waals surface area contributed by atoms with E-state index in [1.807, 2.05) is 0 Å². The van der Waals surface area contributed by atoms with Gasteiger partial charge in [-0.05, 0) is 68.7 Å². The number of thiocarbonyl (C=S) groups is 1. The van der Waals surface area contributed by atoms with Gasteiger partial charge in [0, 0.05) is 25.2 Å². The molecule has 0 aromatic heterocycles. The molecule has 0 bridgehead atoms. The van der Waals surface area contributed by atoms with Gasteiger partial charge in [0.25, 0.3) is 5.91 Å². The van der Waals surface area contributed by atoms with Crippen molar-refractivity contribution in [2.45, 2.75) is 44.8 Å². The van der Waals surface area contributed by atoms with E-state index in [4.69, 9.17) is 22.2 Å². The van der Waals surface area contributed by atoms with Crippen molar-refractivity contribution < 1.29 is 36.3 Å². The maximum Gasteiger partial charge on any atom is 0.420 e. The van der Waals surface area contributed by atoms with Crippen molar-refractivity contribution in [3.63, 3.8) is 0 Å². The average molecular weight is 581 g/mol. The van der Waals surface area contributed by atoms with E-state index in [1.165, 1.54) is 36.9 Å². The molecule has 0 atom stereocenters. The number of aryl methyl sites for hydroxylation is 1. The summed E-state index contributed by atoms with van der Waals surface area (Å²) in [5, 5.41) is 8.69. The van der Waals surface area contributed by atoms with E-state index < -0.39 is 46.1 Å². The number of hydrogen-bond donors (Lipinski definition) is 0. The van der Waals surface area contributed by atoms with E-state index in [9.17, 15) is 22.8 Å². The Kier molecular flexibility index (Phi) is 8.14. The third kappa shape index (κ3) is 5.38. The zero-order chi connectivity index (χ0) is 29.4. The highest BCUT2D eigenvalue weighted by atomic mass is 32.1. The standard InChI is InChI=1S/C27H25F5N4O3S/c1-26(2)24(38)35(20-9-7-17(15-33)22(23(20)29)27(30,31)32)25(40)36(26)18-8-6-16(19(28)14-18)4-3-5-21(37)34-10-12-39-13-11-34/h6-9,14H,3-5,10-13H2,1-2H3. The Morgan fingerprint density at radius 2 is 1.82 bits per heavy atom. The number of carbonyl (C=O) groups excluding carboxylic acids is 2. The monoisotopic (exact) mass is 580 g/mol. The molecule has 2 fully saturated rings. The Hall–Kier alpha value is -3.63. The number of benzene rings is 2. The number of halogens is 5.